The smallest absolute Gasteiger partial charge is 0.306 e. The van der Waals surface area contributed by atoms with E-state index in [1.807, 2.05) is 18.2 Å². The number of hydrogen-bond acceptors (Lipinski definition) is 3. The van der Waals surface area contributed by atoms with Gasteiger partial charge >= 0.3 is 5.97 Å². The summed E-state index contributed by atoms with van der Waals surface area (Å²) in [5, 5.41) is 9.20. The minimum Gasteiger partial charge on any atom is -0.481 e. The Labute approximate surface area is 153 Å². The van der Waals surface area contributed by atoms with E-state index in [2.05, 4.69) is 39.0 Å². The van der Waals surface area contributed by atoms with Gasteiger partial charge in [0.2, 0.25) is 0 Å². The molecule has 0 spiro atoms. The molecule has 1 atom stereocenters. The number of rotatable bonds is 4. The zero-order chi connectivity index (χ0) is 16.4. The molecule has 1 fully saturated rings. The summed E-state index contributed by atoms with van der Waals surface area (Å²) in [5.41, 5.74) is 1.20. The fourth-order valence-electron chi connectivity index (χ4n) is 3.11. The average Bonchev–Trinajstić information content (AvgIpc) is 2.94. The van der Waals surface area contributed by atoms with E-state index < -0.39 is 5.97 Å². The zero-order valence-corrected chi connectivity index (χ0v) is 15.6. The molecular formula is C17H17BrClNO2S. The van der Waals surface area contributed by atoms with Gasteiger partial charge in [0.15, 0.2) is 0 Å². The molecule has 1 aliphatic heterocycles. The van der Waals surface area contributed by atoms with E-state index in [9.17, 15) is 9.90 Å². The first kappa shape index (κ1) is 17.0. The number of thiophene rings is 1. The van der Waals surface area contributed by atoms with Gasteiger partial charge in [0.1, 0.15) is 0 Å². The molecule has 1 aliphatic rings. The van der Waals surface area contributed by atoms with Crippen molar-refractivity contribution in [3.63, 3.8) is 0 Å². The van der Waals surface area contributed by atoms with Crippen LogP contribution in [0, 0.1) is 5.92 Å². The molecule has 2 aromatic rings. The third kappa shape index (κ3) is 3.97. The van der Waals surface area contributed by atoms with Gasteiger partial charge in [-0.2, -0.15) is 0 Å². The van der Waals surface area contributed by atoms with Gasteiger partial charge in [0.25, 0.3) is 0 Å². The molecule has 3 nitrogen and oxygen atoms in total. The number of carbonyl (C=O) groups is 1. The van der Waals surface area contributed by atoms with E-state index in [-0.39, 0.29) is 12.0 Å². The molecule has 1 unspecified atom stereocenters. The minimum atomic E-state index is -0.678. The second-order valence-corrected chi connectivity index (χ2v) is 8.41. The Kier molecular flexibility index (Phi) is 5.42. The molecule has 1 aromatic carbocycles. The lowest BCUT2D eigenvalue weighted by atomic mass is 9.94. The first-order valence-corrected chi connectivity index (χ1v) is 9.51. The molecule has 0 amide bonds. The molecule has 6 heteroatoms. The average molecular weight is 415 g/mol. The highest BCUT2D eigenvalue weighted by molar-refractivity contribution is 9.10. The molecule has 1 saturated heterocycles. The fourth-order valence-corrected chi connectivity index (χ4v) is 4.75. The van der Waals surface area contributed by atoms with E-state index in [4.69, 9.17) is 11.6 Å². The number of halogens is 2. The van der Waals surface area contributed by atoms with Crippen LogP contribution in [0.5, 0.6) is 0 Å². The van der Waals surface area contributed by atoms with Gasteiger partial charge in [-0.25, -0.2) is 0 Å². The normalized spacial score (nSPS) is 18.0. The maximum Gasteiger partial charge on any atom is 0.306 e. The van der Waals surface area contributed by atoms with E-state index in [0.717, 1.165) is 21.9 Å². The Morgan fingerprint density at radius 3 is 2.61 bits per heavy atom. The van der Waals surface area contributed by atoms with Crippen molar-refractivity contribution in [2.24, 2.45) is 5.92 Å². The number of carboxylic acid groups (broad SMARTS) is 1. The van der Waals surface area contributed by atoms with E-state index in [0.29, 0.717) is 12.8 Å². The van der Waals surface area contributed by atoms with Crippen molar-refractivity contribution >= 4 is 44.8 Å². The summed E-state index contributed by atoms with van der Waals surface area (Å²) in [6.45, 7) is 1.56. The molecule has 0 saturated carbocycles. The van der Waals surface area contributed by atoms with Gasteiger partial charge in [-0.05, 0) is 55.8 Å². The van der Waals surface area contributed by atoms with Crippen LogP contribution in [0.3, 0.4) is 0 Å². The molecular weight excluding hydrogens is 398 g/mol. The third-order valence-electron chi connectivity index (χ3n) is 4.27. The lowest BCUT2D eigenvalue weighted by Crippen LogP contribution is -2.39. The van der Waals surface area contributed by atoms with Crippen molar-refractivity contribution in [1.29, 1.82) is 0 Å². The summed E-state index contributed by atoms with van der Waals surface area (Å²) >= 11 is 11.3. The van der Waals surface area contributed by atoms with Crippen molar-refractivity contribution in [2.45, 2.75) is 18.9 Å². The summed E-state index contributed by atoms with van der Waals surface area (Å²) < 4.78 is 1.82. The molecule has 0 radical (unpaired) electrons. The van der Waals surface area contributed by atoms with Gasteiger partial charge in [-0.15, -0.1) is 11.3 Å². The predicted molar refractivity (Wildman–Crippen MR) is 97.2 cm³/mol. The predicted octanol–water partition coefficient (Wildman–Crippen LogP) is 5.05. The van der Waals surface area contributed by atoms with Crippen molar-refractivity contribution in [3.8, 4) is 0 Å². The lowest BCUT2D eigenvalue weighted by Gasteiger charge is -2.36. The van der Waals surface area contributed by atoms with Gasteiger partial charge in [-0.1, -0.05) is 39.7 Å². The quantitative estimate of drug-likeness (QED) is 0.761. The summed E-state index contributed by atoms with van der Waals surface area (Å²) in [4.78, 5) is 14.7. The molecule has 3 rings (SSSR count). The Hall–Kier alpha value is -0.880. The zero-order valence-electron chi connectivity index (χ0n) is 12.4. The Morgan fingerprint density at radius 2 is 2.04 bits per heavy atom. The molecule has 0 bridgehead atoms. The highest BCUT2D eigenvalue weighted by Gasteiger charge is 2.30. The number of piperidine rings is 1. The van der Waals surface area contributed by atoms with Gasteiger partial charge in [0.05, 0.1) is 16.3 Å². The number of nitrogens with zero attached hydrogens (tertiary/aromatic N) is 1. The van der Waals surface area contributed by atoms with Crippen LogP contribution < -0.4 is 0 Å². The molecule has 23 heavy (non-hydrogen) atoms. The number of hydrogen-bond donors (Lipinski definition) is 1. The van der Waals surface area contributed by atoms with Crippen LogP contribution in [0.2, 0.25) is 4.34 Å². The first-order valence-electron chi connectivity index (χ1n) is 7.52. The lowest BCUT2D eigenvalue weighted by molar-refractivity contribution is -0.143. The van der Waals surface area contributed by atoms with E-state index >= 15 is 0 Å². The highest BCUT2D eigenvalue weighted by atomic mass is 79.9. The van der Waals surface area contributed by atoms with Crippen LogP contribution >= 0.6 is 38.9 Å². The van der Waals surface area contributed by atoms with Crippen LogP contribution in [-0.4, -0.2) is 29.1 Å². The van der Waals surface area contributed by atoms with Crippen LogP contribution in [0.15, 0.2) is 40.9 Å². The standard InChI is InChI=1S/C17H17BrClNO2S/c18-13-3-1-2-12(10-13)16(14-4-5-15(19)23-14)20-8-6-11(7-9-20)17(21)22/h1-5,10-11,16H,6-9H2,(H,21,22). The van der Waals surface area contributed by atoms with Crippen molar-refractivity contribution < 1.29 is 9.90 Å². The number of carboxylic acids is 1. The van der Waals surface area contributed by atoms with Crippen molar-refractivity contribution in [2.75, 3.05) is 13.1 Å². The first-order chi connectivity index (χ1) is 11.0. The summed E-state index contributed by atoms with van der Waals surface area (Å²) in [6, 6.07) is 12.4. The molecule has 1 aromatic heterocycles. The van der Waals surface area contributed by atoms with Crippen LogP contribution in [0.1, 0.15) is 29.3 Å². The largest absolute Gasteiger partial charge is 0.481 e. The third-order valence-corrected chi connectivity index (χ3v) is 6.05. The number of benzene rings is 1. The van der Waals surface area contributed by atoms with Crippen LogP contribution in [0.25, 0.3) is 0 Å². The summed E-state index contributed by atoms with van der Waals surface area (Å²) in [7, 11) is 0. The summed E-state index contributed by atoms with van der Waals surface area (Å²) in [6.07, 6.45) is 1.39. The number of likely N-dealkylation sites (tertiary alicyclic amines) is 1. The molecule has 1 N–H and O–H groups in total. The molecule has 122 valence electrons. The second-order valence-electron chi connectivity index (χ2n) is 5.75. The Balaban J connectivity index is 1.89. The Morgan fingerprint density at radius 1 is 1.30 bits per heavy atom. The van der Waals surface area contributed by atoms with Gasteiger partial charge in [-0.3, -0.25) is 9.69 Å². The van der Waals surface area contributed by atoms with E-state index in [1.165, 1.54) is 10.4 Å². The monoisotopic (exact) mass is 413 g/mol. The van der Waals surface area contributed by atoms with Crippen molar-refractivity contribution in [3.05, 3.63) is 55.6 Å². The SMILES string of the molecule is O=C(O)C1CCN(C(c2cccc(Br)c2)c2ccc(Cl)s2)CC1. The molecule has 2 heterocycles. The molecule has 0 aliphatic carbocycles. The summed E-state index contributed by atoms with van der Waals surface area (Å²) in [5.74, 6) is -0.899. The Bertz CT molecular complexity index is 697. The second kappa shape index (κ2) is 7.34. The van der Waals surface area contributed by atoms with Crippen LogP contribution in [-0.2, 0) is 4.79 Å². The topological polar surface area (TPSA) is 40.5 Å². The van der Waals surface area contributed by atoms with Crippen LogP contribution in [0.4, 0.5) is 0 Å². The van der Waals surface area contributed by atoms with E-state index in [1.54, 1.807) is 11.3 Å². The van der Waals surface area contributed by atoms with Crippen molar-refractivity contribution in [1.82, 2.24) is 4.90 Å². The van der Waals surface area contributed by atoms with Gasteiger partial charge in [0, 0.05) is 9.35 Å². The maximum absolute atomic E-state index is 11.2. The van der Waals surface area contributed by atoms with Gasteiger partial charge < -0.3 is 5.11 Å². The fraction of sp³-hybridized carbons (Fsp3) is 0.353. The minimum absolute atomic E-state index is 0.125. The number of aliphatic carboxylic acids is 1. The highest BCUT2D eigenvalue weighted by Crippen LogP contribution is 2.38. The maximum atomic E-state index is 11.2.